The van der Waals surface area contributed by atoms with E-state index in [1.165, 1.54) is 12.8 Å². The third kappa shape index (κ3) is 3.68. The minimum Gasteiger partial charge on any atom is -0.363 e. The summed E-state index contributed by atoms with van der Waals surface area (Å²) in [6.07, 6.45) is 2.35. The third-order valence-corrected chi connectivity index (χ3v) is 4.42. The number of aromatic nitrogens is 2. The lowest BCUT2D eigenvalue weighted by atomic mass is 10.1. The van der Waals surface area contributed by atoms with Crippen molar-refractivity contribution in [3.63, 3.8) is 0 Å². The molecule has 1 atom stereocenters. The van der Waals surface area contributed by atoms with Gasteiger partial charge in [0, 0.05) is 22.0 Å². The smallest absolute Gasteiger partial charge is 0.135 e. The van der Waals surface area contributed by atoms with Crippen molar-refractivity contribution in [3.8, 4) is 0 Å². The average Bonchev–Trinajstić information content (AvgIpc) is 3.21. The second-order valence-electron chi connectivity index (χ2n) is 5.24. The first-order valence-corrected chi connectivity index (χ1v) is 8.34. The number of rotatable bonds is 4. The quantitative estimate of drug-likeness (QED) is 0.695. The first kappa shape index (κ1) is 15.1. The molecule has 0 amide bonds. The molecule has 1 fully saturated rings. The van der Waals surface area contributed by atoms with Crippen LogP contribution in [0, 0.1) is 0 Å². The summed E-state index contributed by atoms with van der Waals surface area (Å²) in [5.74, 6) is 2.22. The van der Waals surface area contributed by atoms with E-state index in [-0.39, 0.29) is 6.04 Å². The first-order valence-electron chi connectivity index (χ1n) is 6.79. The number of nitrogens with one attached hydrogen (secondary N) is 1. The molecule has 1 aromatic heterocycles. The van der Waals surface area contributed by atoms with E-state index in [4.69, 9.17) is 23.2 Å². The second kappa shape index (κ2) is 6.11. The zero-order chi connectivity index (χ0) is 15.0. The minimum absolute atomic E-state index is 0.0311. The van der Waals surface area contributed by atoms with Gasteiger partial charge < -0.3 is 5.32 Å². The number of hydrogen-bond donors (Lipinski definition) is 1. The Morgan fingerprint density at radius 2 is 2.00 bits per heavy atom. The van der Waals surface area contributed by atoms with Crippen LogP contribution in [-0.4, -0.2) is 9.97 Å². The molecule has 110 valence electrons. The molecule has 3 nitrogen and oxygen atoms in total. The Morgan fingerprint density at radius 3 is 2.67 bits per heavy atom. The molecule has 1 heterocycles. The van der Waals surface area contributed by atoms with Gasteiger partial charge in [-0.2, -0.15) is 0 Å². The fourth-order valence-corrected chi connectivity index (χ4v) is 3.16. The van der Waals surface area contributed by atoms with Crippen molar-refractivity contribution >= 4 is 44.9 Å². The molecule has 1 aliphatic rings. The molecule has 6 heteroatoms. The van der Waals surface area contributed by atoms with E-state index in [1.54, 1.807) is 6.07 Å². The Kier molecular flexibility index (Phi) is 4.38. The van der Waals surface area contributed by atoms with Crippen LogP contribution in [0.5, 0.6) is 0 Å². The molecular formula is C15H14BrCl2N3. The van der Waals surface area contributed by atoms with Crippen LogP contribution in [0.15, 0.2) is 28.9 Å². The topological polar surface area (TPSA) is 37.8 Å². The summed E-state index contributed by atoms with van der Waals surface area (Å²) in [6.45, 7) is 2.04. The monoisotopic (exact) mass is 385 g/mol. The summed E-state index contributed by atoms with van der Waals surface area (Å²) >= 11 is 15.6. The summed E-state index contributed by atoms with van der Waals surface area (Å²) in [5, 5.41) is 4.66. The van der Waals surface area contributed by atoms with Crippen LogP contribution < -0.4 is 5.32 Å². The third-order valence-electron chi connectivity index (χ3n) is 3.45. The molecule has 1 aliphatic carbocycles. The molecule has 0 aliphatic heterocycles. The largest absolute Gasteiger partial charge is 0.363 e. The van der Waals surface area contributed by atoms with Crippen molar-refractivity contribution in [1.29, 1.82) is 0 Å². The standard InChI is InChI=1S/C15H14BrCl2N3/c1-8(11-5-4-10(17)6-12(11)18)19-14-7-13(16)20-15(21-14)9-2-3-9/h4-9H,2-3H2,1H3,(H,19,20,21). The van der Waals surface area contributed by atoms with E-state index >= 15 is 0 Å². The Hall–Kier alpha value is -0.840. The van der Waals surface area contributed by atoms with Crippen LogP contribution in [0.1, 0.15) is 43.1 Å². The number of hydrogen-bond acceptors (Lipinski definition) is 3. The van der Waals surface area contributed by atoms with Crippen molar-refractivity contribution < 1.29 is 0 Å². The molecule has 0 spiro atoms. The Labute approximate surface area is 142 Å². The number of anilines is 1. The number of benzene rings is 1. The molecule has 1 N–H and O–H groups in total. The molecule has 0 radical (unpaired) electrons. The summed E-state index contributed by atoms with van der Waals surface area (Å²) in [5.41, 5.74) is 0.990. The van der Waals surface area contributed by atoms with E-state index < -0.39 is 0 Å². The summed E-state index contributed by atoms with van der Waals surface area (Å²) < 4.78 is 0.802. The van der Waals surface area contributed by atoms with Gasteiger partial charge in [0.2, 0.25) is 0 Å². The van der Waals surface area contributed by atoms with Crippen molar-refractivity contribution in [3.05, 3.63) is 50.3 Å². The summed E-state index contributed by atoms with van der Waals surface area (Å²) in [4.78, 5) is 9.01. The van der Waals surface area contributed by atoms with E-state index in [0.717, 1.165) is 21.8 Å². The van der Waals surface area contributed by atoms with Gasteiger partial charge in [-0.25, -0.2) is 9.97 Å². The molecule has 0 saturated heterocycles. The summed E-state index contributed by atoms with van der Waals surface area (Å²) in [7, 11) is 0. The first-order chi connectivity index (χ1) is 10.0. The zero-order valence-corrected chi connectivity index (χ0v) is 14.5. The van der Waals surface area contributed by atoms with Gasteiger partial charge in [-0.05, 0) is 53.4 Å². The van der Waals surface area contributed by atoms with Crippen LogP contribution in [0.25, 0.3) is 0 Å². The summed E-state index contributed by atoms with van der Waals surface area (Å²) in [6, 6.07) is 7.44. The molecule has 2 aromatic rings. The van der Waals surface area contributed by atoms with Crippen molar-refractivity contribution in [2.45, 2.75) is 31.7 Å². The SMILES string of the molecule is CC(Nc1cc(Br)nc(C2CC2)n1)c1ccc(Cl)cc1Cl. The molecule has 0 bridgehead atoms. The minimum atomic E-state index is 0.0311. The van der Waals surface area contributed by atoms with Gasteiger partial charge in [-0.15, -0.1) is 0 Å². The van der Waals surface area contributed by atoms with Gasteiger partial charge in [-0.3, -0.25) is 0 Å². The van der Waals surface area contributed by atoms with Crippen LogP contribution in [0.4, 0.5) is 5.82 Å². The van der Waals surface area contributed by atoms with Crippen LogP contribution >= 0.6 is 39.1 Å². The number of halogens is 3. The predicted octanol–water partition coefficient (Wildman–Crippen LogP) is 5.60. The van der Waals surface area contributed by atoms with Gasteiger partial charge in [-0.1, -0.05) is 29.3 Å². The fraction of sp³-hybridized carbons (Fsp3) is 0.333. The maximum Gasteiger partial charge on any atom is 0.135 e. The average molecular weight is 387 g/mol. The molecule has 3 rings (SSSR count). The van der Waals surface area contributed by atoms with Crippen LogP contribution in [-0.2, 0) is 0 Å². The lowest BCUT2D eigenvalue weighted by molar-refractivity contribution is 0.851. The van der Waals surface area contributed by atoms with E-state index in [9.17, 15) is 0 Å². The number of nitrogens with zero attached hydrogens (tertiary/aromatic N) is 2. The second-order valence-corrected chi connectivity index (χ2v) is 6.90. The highest BCUT2D eigenvalue weighted by Crippen LogP contribution is 2.39. The van der Waals surface area contributed by atoms with E-state index in [0.29, 0.717) is 16.0 Å². The zero-order valence-electron chi connectivity index (χ0n) is 11.4. The van der Waals surface area contributed by atoms with Crippen molar-refractivity contribution in [1.82, 2.24) is 9.97 Å². The molecule has 1 unspecified atom stereocenters. The molecular weight excluding hydrogens is 373 g/mol. The van der Waals surface area contributed by atoms with Gasteiger partial charge in [0.1, 0.15) is 16.2 Å². The normalized spacial score (nSPS) is 15.8. The highest BCUT2D eigenvalue weighted by atomic mass is 79.9. The predicted molar refractivity (Wildman–Crippen MR) is 90.2 cm³/mol. The van der Waals surface area contributed by atoms with Gasteiger partial charge in [0.15, 0.2) is 0 Å². The van der Waals surface area contributed by atoms with Crippen LogP contribution in [0.2, 0.25) is 10.0 Å². The van der Waals surface area contributed by atoms with E-state index in [1.807, 2.05) is 25.1 Å². The maximum absolute atomic E-state index is 6.25. The highest BCUT2D eigenvalue weighted by molar-refractivity contribution is 9.10. The Morgan fingerprint density at radius 1 is 1.24 bits per heavy atom. The Bertz CT molecular complexity index is 674. The highest BCUT2D eigenvalue weighted by Gasteiger charge is 2.27. The Balaban J connectivity index is 1.82. The molecule has 21 heavy (non-hydrogen) atoms. The fourth-order valence-electron chi connectivity index (χ4n) is 2.19. The van der Waals surface area contributed by atoms with Crippen molar-refractivity contribution in [2.24, 2.45) is 0 Å². The van der Waals surface area contributed by atoms with E-state index in [2.05, 4.69) is 31.2 Å². The van der Waals surface area contributed by atoms with Crippen molar-refractivity contribution in [2.75, 3.05) is 5.32 Å². The molecule has 1 saturated carbocycles. The van der Waals surface area contributed by atoms with Gasteiger partial charge in [0.05, 0.1) is 6.04 Å². The molecule has 1 aromatic carbocycles. The van der Waals surface area contributed by atoms with Gasteiger partial charge >= 0.3 is 0 Å². The van der Waals surface area contributed by atoms with Crippen LogP contribution in [0.3, 0.4) is 0 Å². The lowest BCUT2D eigenvalue weighted by Gasteiger charge is -2.17. The lowest BCUT2D eigenvalue weighted by Crippen LogP contribution is -2.10. The van der Waals surface area contributed by atoms with Gasteiger partial charge in [0.25, 0.3) is 0 Å². The maximum atomic E-state index is 6.25.